The molecule has 0 saturated heterocycles. The summed E-state index contributed by atoms with van der Waals surface area (Å²) in [6.45, 7) is 4.40. The lowest BCUT2D eigenvalue weighted by Gasteiger charge is -2.18. The van der Waals surface area contributed by atoms with E-state index in [2.05, 4.69) is 37.4 Å². The van der Waals surface area contributed by atoms with E-state index < -0.39 is 12.2 Å². The van der Waals surface area contributed by atoms with Crippen LogP contribution in [0.4, 0.5) is 0 Å². The van der Waals surface area contributed by atoms with Crippen LogP contribution in [0, 0.1) is 5.92 Å². The van der Waals surface area contributed by atoms with Gasteiger partial charge in [0.25, 0.3) is 0 Å². The zero-order valence-corrected chi connectivity index (χ0v) is 19.4. The van der Waals surface area contributed by atoms with Crippen molar-refractivity contribution in [2.75, 3.05) is 14.1 Å². The van der Waals surface area contributed by atoms with Crippen LogP contribution < -0.4 is 10.1 Å². The first-order valence-corrected chi connectivity index (χ1v) is 12.0. The Morgan fingerprint density at radius 3 is 2.53 bits per heavy atom. The van der Waals surface area contributed by atoms with Crippen LogP contribution in [0.2, 0.25) is 0 Å². The van der Waals surface area contributed by atoms with E-state index in [0.29, 0.717) is 6.42 Å². The highest BCUT2D eigenvalue weighted by atomic mass is 16.5. The van der Waals surface area contributed by atoms with E-state index in [9.17, 15) is 10.2 Å². The van der Waals surface area contributed by atoms with Gasteiger partial charge in [0.05, 0.1) is 12.2 Å². The van der Waals surface area contributed by atoms with Gasteiger partial charge in [-0.25, -0.2) is 0 Å². The molecule has 0 unspecified atom stereocenters. The minimum Gasteiger partial charge on any atom is -0.489 e. The SMILES string of the molecule is CCCCCc1cccc2c1O[C@H]1C[C@@H](O)[C@H](C=C[C@@H](O)CCCCC)[C@@H]21.CNC. The van der Waals surface area contributed by atoms with Gasteiger partial charge in [-0.2, -0.15) is 0 Å². The van der Waals surface area contributed by atoms with Crippen molar-refractivity contribution in [1.82, 2.24) is 5.32 Å². The molecule has 0 amide bonds. The Hall–Kier alpha value is -1.36. The third kappa shape index (κ3) is 6.57. The van der Waals surface area contributed by atoms with Crippen molar-refractivity contribution < 1.29 is 14.9 Å². The molecule has 1 fully saturated rings. The van der Waals surface area contributed by atoms with Crippen LogP contribution in [0.1, 0.15) is 82.3 Å². The molecule has 30 heavy (non-hydrogen) atoms. The number of aliphatic hydroxyl groups excluding tert-OH is 2. The molecule has 0 aromatic heterocycles. The van der Waals surface area contributed by atoms with Gasteiger partial charge in [-0.15, -0.1) is 0 Å². The molecule has 1 aromatic rings. The maximum absolute atomic E-state index is 10.6. The molecule has 2 aliphatic rings. The standard InChI is InChI=1S/C24H36O3.C2H7N/c1-3-5-7-10-17-11-9-13-20-23-19(15-14-18(25)12-8-6-4-2)21(26)16-22(23)27-24(17)20;1-3-2/h9,11,13-15,18-19,21-23,25-26H,3-8,10,12,16H2,1-2H3;3H,1-2H3/t18-,19-,21+,22-,23-;/m0./s1. The van der Waals surface area contributed by atoms with Crippen LogP contribution >= 0.6 is 0 Å². The van der Waals surface area contributed by atoms with E-state index in [0.717, 1.165) is 37.9 Å². The molecular weight excluding hydrogens is 374 g/mol. The van der Waals surface area contributed by atoms with Gasteiger partial charge in [0.1, 0.15) is 11.9 Å². The topological polar surface area (TPSA) is 61.7 Å². The first kappa shape index (κ1) is 24.9. The van der Waals surface area contributed by atoms with Crippen molar-refractivity contribution >= 4 is 0 Å². The van der Waals surface area contributed by atoms with Gasteiger partial charge in [0.2, 0.25) is 0 Å². The number of hydrogen-bond acceptors (Lipinski definition) is 4. The lowest BCUT2D eigenvalue weighted by atomic mass is 9.86. The van der Waals surface area contributed by atoms with Crippen molar-refractivity contribution in [2.45, 2.75) is 95.9 Å². The number of hydrogen-bond donors (Lipinski definition) is 3. The van der Waals surface area contributed by atoms with Gasteiger partial charge in [-0.05, 0) is 38.9 Å². The predicted octanol–water partition coefficient (Wildman–Crippen LogP) is 4.98. The van der Waals surface area contributed by atoms with Crippen LogP contribution in [-0.4, -0.2) is 42.6 Å². The molecule has 5 atom stereocenters. The molecule has 0 spiro atoms. The molecule has 1 aliphatic carbocycles. The number of ether oxygens (including phenoxy) is 1. The minimum atomic E-state index is -0.412. The quantitative estimate of drug-likeness (QED) is 0.371. The Morgan fingerprint density at radius 1 is 1.13 bits per heavy atom. The average Bonchev–Trinajstić information content (AvgIpc) is 3.23. The molecular formula is C26H43NO3. The number of unbranched alkanes of at least 4 members (excludes halogenated alkanes) is 4. The van der Waals surface area contributed by atoms with Gasteiger partial charge < -0.3 is 20.3 Å². The van der Waals surface area contributed by atoms with Gasteiger partial charge in [-0.3, -0.25) is 0 Å². The van der Waals surface area contributed by atoms with E-state index >= 15 is 0 Å². The molecule has 1 heterocycles. The van der Waals surface area contributed by atoms with Crippen molar-refractivity contribution in [2.24, 2.45) is 5.92 Å². The summed E-state index contributed by atoms with van der Waals surface area (Å²) in [5.41, 5.74) is 2.56. The third-order valence-electron chi connectivity index (χ3n) is 6.20. The molecule has 1 aromatic carbocycles. The fraction of sp³-hybridized carbons (Fsp3) is 0.692. The zero-order chi connectivity index (χ0) is 21.9. The summed E-state index contributed by atoms with van der Waals surface area (Å²) in [6.07, 6.45) is 12.8. The van der Waals surface area contributed by atoms with E-state index in [4.69, 9.17) is 4.74 Å². The van der Waals surface area contributed by atoms with Crippen LogP contribution in [0.5, 0.6) is 5.75 Å². The normalized spacial score (nSPS) is 25.4. The number of para-hydroxylation sites is 1. The second-order valence-electron chi connectivity index (χ2n) is 8.80. The Kier molecular flexibility index (Phi) is 10.9. The lowest BCUT2D eigenvalue weighted by Crippen LogP contribution is -2.17. The molecule has 3 N–H and O–H groups in total. The number of aryl methyl sites for hydroxylation is 1. The van der Waals surface area contributed by atoms with E-state index in [1.807, 2.05) is 26.2 Å². The number of rotatable bonds is 10. The van der Waals surface area contributed by atoms with Crippen molar-refractivity contribution in [3.05, 3.63) is 41.5 Å². The van der Waals surface area contributed by atoms with E-state index in [1.165, 1.54) is 30.4 Å². The highest BCUT2D eigenvalue weighted by molar-refractivity contribution is 5.49. The fourth-order valence-electron chi connectivity index (χ4n) is 4.69. The van der Waals surface area contributed by atoms with E-state index in [-0.39, 0.29) is 17.9 Å². The first-order valence-electron chi connectivity index (χ1n) is 12.0. The molecule has 170 valence electrons. The minimum absolute atomic E-state index is 0.0305. The first-order chi connectivity index (χ1) is 14.6. The highest BCUT2D eigenvalue weighted by Crippen LogP contribution is 2.52. The average molecular weight is 418 g/mol. The summed E-state index contributed by atoms with van der Waals surface area (Å²) in [4.78, 5) is 0. The van der Waals surface area contributed by atoms with Crippen molar-refractivity contribution in [3.63, 3.8) is 0 Å². The van der Waals surface area contributed by atoms with E-state index in [1.54, 1.807) is 0 Å². The molecule has 1 aliphatic heterocycles. The number of fused-ring (bicyclic) bond motifs is 3. The van der Waals surface area contributed by atoms with Gasteiger partial charge in [0.15, 0.2) is 0 Å². The van der Waals surface area contributed by atoms with Crippen LogP contribution in [0.3, 0.4) is 0 Å². The summed E-state index contributed by atoms with van der Waals surface area (Å²) in [6, 6.07) is 6.49. The molecule has 0 bridgehead atoms. The summed E-state index contributed by atoms with van der Waals surface area (Å²) in [5.74, 6) is 1.31. The molecule has 3 rings (SSSR count). The van der Waals surface area contributed by atoms with Crippen LogP contribution in [-0.2, 0) is 6.42 Å². The van der Waals surface area contributed by atoms with Gasteiger partial charge >= 0.3 is 0 Å². The maximum Gasteiger partial charge on any atom is 0.126 e. The molecule has 4 heteroatoms. The number of benzene rings is 1. The zero-order valence-electron chi connectivity index (χ0n) is 19.4. The smallest absolute Gasteiger partial charge is 0.126 e. The molecule has 4 nitrogen and oxygen atoms in total. The fourth-order valence-corrected chi connectivity index (χ4v) is 4.69. The van der Waals surface area contributed by atoms with Crippen molar-refractivity contribution in [1.29, 1.82) is 0 Å². The number of aliphatic hydroxyl groups is 2. The van der Waals surface area contributed by atoms with Crippen LogP contribution in [0.25, 0.3) is 0 Å². The highest BCUT2D eigenvalue weighted by Gasteiger charge is 2.48. The second-order valence-corrected chi connectivity index (χ2v) is 8.80. The van der Waals surface area contributed by atoms with Crippen molar-refractivity contribution in [3.8, 4) is 5.75 Å². The summed E-state index contributed by atoms with van der Waals surface area (Å²) in [7, 11) is 3.75. The molecule has 1 saturated carbocycles. The Bertz CT molecular complexity index is 645. The summed E-state index contributed by atoms with van der Waals surface area (Å²) in [5, 5.41) is 23.6. The van der Waals surface area contributed by atoms with Gasteiger partial charge in [-0.1, -0.05) is 76.3 Å². The lowest BCUT2D eigenvalue weighted by molar-refractivity contribution is 0.135. The molecule has 0 radical (unpaired) electrons. The predicted molar refractivity (Wildman–Crippen MR) is 125 cm³/mol. The second kappa shape index (κ2) is 13.1. The maximum atomic E-state index is 10.6. The largest absolute Gasteiger partial charge is 0.489 e. The summed E-state index contributed by atoms with van der Waals surface area (Å²) >= 11 is 0. The Morgan fingerprint density at radius 2 is 1.83 bits per heavy atom. The Labute approximate surface area is 183 Å². The number of nitrogens with one attached hydrogen (secondary N) is 1. The van der Waals surface area contributed by atoms with Crippen LogP contribution in [0.15, 0.2) is 30.4 Å². The third-order valence-corrected chi connectivity index (χ3v) is 6.20. The van der Waals surface area contributed by atoms with Gasteiger partial charge in [0, 0.05) is 23.8 Å². The monoisotopic (exact) mass is 417 g/mol. The summed E-state index contributed by atoms with van der Waals surface area (Å²) < 4.78 is 6.32. The Balaban J connectivity index is 0.00000101.